The molecule has 0 amide bonds. The first-order valence-corrected chi connectivity index (χ1v) is 4.07. The highest BCUT2D eigenvalue weighted by atomic mass is 35.5. The van der Waals surface area contributed by atoms with Crippen LogP contribution in [0.2, 0.25) is 10.0 Å². The summed E-state index contributed by atoms with van der Waals surface area (Å²) >= 11 is 11.6. The molecule has 0 aliphatic carbocycles. The van der Waals surface area contributed by atoms with Gasteiger partial charge in [-0.05, 0) is 30.7 Å². The Morgan fingerprint density at radius 2 is 2.00 bits per heavy atom. The Bertz CT molecular complexity index is 258. The molecule has 0 spiro atoms. The van der Waals surface area contributed by atoms with E-state index >= 15 is 0 Å². The van der Waals surface area contributed by atoms with Crippen LogP contribution in [0.25, 0.3) is 0 Å². The van der Waals surface area contributed by atoms with Crippen molar-refractivity contribution in [3.05, 3.63) is 33.8 Å². The molecule has 0 aliphatic heterocycles. The summed E-state index contributed by atoms with van der Waals surface area (Å²) in [6, 6.07) is 5.22. The highest BCUT2D eigenvalue weighted by Gasteiger charge is 2.04. The number of benzene rings is 1. The molecule has 0 radical (unpaired) electrons. The first-order chi connectivity index (χ1) is 5.11. The summed E-state index contributed by atoms with van der Waals surface area (Å²) in [4.78, 5) is 0. The van der Waals surface area contributed by atoms with E-state index in [1.165, 1.54) is 0 Å². The van der Waals surface area contributed by atoms with Crippen LogP contribution >= 0.6 is 23.2 Å². The summed E-state index contributed by atoms with van der Waals surface area (Å²) in [5.41, 5.74) is 6.53. The Morgan fingerprint density at radius 1 is 1.36 bits per heavy atom. The van der Waals surface area contributed by atoms with Crippen molar-refractivity contribution in [3.8, 4) is 0 Å². The minimum Gasteiger partial charge on any atom is -0.324 e. The van der Waals surface area contributed by atoms with Crippen LogP contribution < -0.4 is 5.73 Å². The molecule has 11 heavy (non-hydrogen) atoms. The Kier molecular flexibility index (Phi) is 2.77. The lowest BCUT2D eigenvalue weighted by molar-refractivity contribution is 0.818. The Morgan fingerprint density at radius 3 is 2.45 bits per heavy atom. The van der Waals surface area contributed by atoms with Gasteiger partial charge in [0.05, 0.1) is 0 Å². The largest absolute Gasteiger partial charge is 0.324 e. The number of halogens is 2. The van der Waals surface area contributed by atoms with Crippen LogP contribution in [-0.4, -0.2) is 0 Å². The zero-order valence-electron chi connectivity index (χ0n) is 6.14. The first-order valence-electron chi connectivity index (χ1n) is 3.32. The second kappa shape index (κ2) is 3.44. The average Bonchev–Trinajstić information content (AvgIpc) is 1.94. The van der Waals surface area contributed by atoms with E-state index in [1.807, 2.05) is 6.92 Å². The molecule has 0 heterocycles. The van der Waals surface area contributed by atoms with Gasteiger partial charge < -0.3 is 5.73 Å². The monoisotopic (exact) mass is 189 g/mol. The lowest BCUT2D eigenvalue weighted by Gasteiger charge is -2.07. The van der Waals surface area contributed by atoms with Gasteiger partial charge in [-0.15, -0.1) is 0 Å². The molecule has 0 fully saturated rings. The molecule has 0 saturated heterocycles. The molecular formula is C8H9Cl2N. The van der Waals surface area contributed by atoms with Gasteiger partial charge in [0.2, 0.25) is 0 Å². The molecule has 2 N–H and O–H groups in total. The van der Waals surface area contributed by atoms with E-state index in [9.17, 15) is 0 Å². The molecule has 0 saturated carbocycles. The van der Waals surface area contributed by atoms with Gasteiger partial charge in [0.1, 0.15) is 0 Å². The van der Waals surface area contributed by atoms with E-state index in [0.717, 1.165) is 5.56 Å². The SMILES string of the molecule is C[C@H](N)c1cc(Cl)ccc1Cl. The fourth-order valence-corrected chi connectivity index (χ4v) is 1.33. The van der Waals surface area contributed by atoms with E-state index < -0.39 is 0 Å². The Labute approximate surface area is 76.1 Å². The molecule has 1 aromatic rings. The Hall–Kier alpha value is -0.240. The Balaban J connectivity index is 3.13. The van der Waals surface area contributed by atoms with Crippen molar-refractivity contribution < 1.29 is 0 Å². The molecule has 1 rings (SSSR count). The third kappa shape index (κ3) is 2.09. The molecule has 1 atom stereocenters. The van der Waals surface area contributed by atoms with Crippen LogP contribution in [-0.2, 0) is 0 Å². The second-order valence-corrected chi connectivity index (χ2v) is 3.30. The molecule has 0 unspecified atom stereocenters. The summed E-state index contributed by atoms with van der Waals surface area (Å²) in [5.74, 6) is 0. The molecule has 1 nitrogen and oxygen atoms in total. The smallest absolute Gasteiger partial charge is 0.0454 e. The topological polar surface area (TPSA) is 26.0 Å². The number of rotatable bonds is 1. The van der Waals surface area contributed by atoms with Gasteiger partial charge in [0.15, 0.2) is 0 Å². The first kappa shape index (κ1) is 8.85. The molecule has 0 aromatic heterocycles. The van der Waals surface area contributed by atoms with E-state index in [4.69, 9.17) is 28.9 Å². The predicted molar refractivity (Wildman–Crippen MR) is 49.1 cm³/mol. The van der Waals surface area contributed by atoms with Gasteiger partial charge in [-0.3, -0.25) is 0 Å². The van der Waals surface area contributed by atoms with Crippen molar-refractivity contribution in [2.24, 2.45) is 5.73 Å². The highest BCUT2D eigenvalue weighted by Crippen LogP contribution is 2.24. The molecule has 60 valence electrons. The van der Waals surface area contributed by atoms with Crippen molar-refractivity contribution in [3.63, 3.8) is 0 Å². The number of nitrogens with two attached hydrogens (primary N) is 1. The van der Waals surface area contributed by atoms with Gasteiger partial charge in [-0.25, -0.2) is 0 Å². The minimum absolute atomic E-state index is 0.0683. The van der Waals surface area contributed by atoms with Crippen molar-refractivity contribution in [2.75, 3.05) is 0 Å². The van der Waals surface area contributed by atoms with Gasteiger partial charge in [0.25, 0.3) is 0 Å². The molecule has 3 heteroatoms. The van der Waals surface area contributed by atoms with Crippen LogP contribution in [0.3, 0.4) is 0 Å². The van der Waals surface area contributed by atoms with E-state index in [-0.39, 0.29) is 6.04 Å². The molecule has 1 aromatic carbocycles. The third-order valence-corrected chi connectivity index (χ3v) is 2.03. The maximum absolute atomic E-state index is 5.85. The quantitative estimate of drug-likeness (QED) is 0.723. The number of hydrogen-bond donors (Lipinski definition) is 1. The fraction of sp³-hybridized carbons (Fsp3) is 0.250. The zero-order chi connectivity index (χ0) is 8.43. The maximum atomic E-state index is 5.85. The van der Waals surface area contributed by atoms with Gasteiger partial charge in [-0.2, -0.15) is 0 Å². The lowest BCUT2D eigenvalue weighted by atomic mass is 10.1. The minimum atomic E-state index is -0.0683. The fourth-order valence-electron chi connectivity index (χ4n) is 0.864. The van der Waals surface area contributed by atoms with E-state index in [1.54, 1.807) is 18.2 Å². The molecule has 0 aliphatic rings. The van der Waals surface area contributed by atoms with E-state index in [0.29, 0.717) is 10.0 Å². The van der Waals surface area contributed by atoms with Crippen molar-refractivity contribution in [1.29, 1.82) is 0 Å². The van der Waals surface area contributed by atoms with E-state index in [2.05, 4.69) is 0 Å². The van der Waals surface area contributed by atoms with Crippen LogP contribution in [0.1, 0.15) is 18.5 Å². The summed E-state index contributed by atoms with van der Waals surface area (Å²) < 4.78 is 0. The third-order valence-electron chi connectivity index (χ3n) is 1.45. The highest BCUT2D eigenvalue weighted by molar-refractivity contribution is 6.33. The summed E-state index contributed by atoms with van der Waals surface area (Å²) in [7, 11) is 0. The van der Waals surface area contributed by atoms with Crippen LogP contribution in [0.5, 0.6) is 0 Å². The lowest BCUT2D eigenvalue weighted by Crippen LogP contribution is -2.05. The van der Waals surface area contributed by atoms with Gasteiger partial charge in [-0.1, -0.05) is 23.2 Å². The van der Waals surface area contributed by atoms with Crippen LogP contribution in [0, 0.1) is 0 Å². The summed E-state index contributed by atoms with van der Waals surface area (Å²) in [6.07, 6.45) is 0. The average molecular weight is 190 g/mol. The summed E-state index contributed by atoms with van der Waals surface area (Å²) in [5, 5.41) is 1.34. The van der Waals surface area contributed by atoms with Gasteiger partial charge in [0, 0.05) is 16.1 Å². The zero-order valence-corrected chi connectivity index (χ0v) is 7.65. The second-order valence-electron chi connectivity index (χ2n) is 2.45. The van der Waals surface area contributed by atoms with Crippen LogP contribution in [0.15, 0.2) is 18.2 Å². The van der Waals surface area contributed by atoms with Crippen molar-refractivity contribution in [2.45, 2.75) is 13.0 Å². The summed E-state index contributed by atoms with van der Waals surface area (Å²) in [6.45, 7) is 1.87. The van der Waals surface area contributed by atoms with Crippen LogP contribution in [0.4, 0.5) is 0 Å². The normalized spacial score (nSPS) is 13.1. The maximum Gasteiger partial charge on any atom is 0.0454 e. The van der Waals surface area contributed by atoms with Gasteiger partial charge >= 0.3 is 0 Å². The number of hydrogen-bond acceptors (Lipinski definition) is 1. The molecule has 0 bridgehead atoms. The van der Waals surface area contributed by atoms with Crippen molar-refractivity contribution in [1.82, 2.24) is 0 Å². The van der Waals surface area contributed by atoms with Crippen molar-refractivity contribution >= 4 is 23.2 Å². The predicted octanol–water partition coefficient (Wildman–Crippen LogP) is 3.01. The molecular weight excluding hydrogens is 181 g/mol. The standard InChI is InChI=1S/C8H9Cl2N/c1-5(11)7-4-6(9)2-3-8(7)10/h2-5H,11H2,1H3/t5-/m0/s1.